The Labute approximate surface area is 136 Å². The van der Waals surface area contributed by atoms with Gasteiger partial charge in [0.25, 0.3) is 5.24 Å². The molecule has 0 heterocycles. The molecule has 1 atom stereocenters. The van der Waals surface area contributed by atoms with E-state index < -0.39 is 0 Å². The van der Waals surface area contributed by atoms with Gasteiger partial charge in [-0.3, -0.25) is 4.79 Å². The number of amides is 1. The Morgan fingerprint density at radius 2 is 1.81 bits per heavy atom. The van der Waals surface area contributed by atoms with Crippen LogP contribution in [-0.4, -0.2) is 33.7 Å². The fourth-order valence-corrected chi connectivity index (χ4v) is 6.50. The van der Waals surface area contributed by atoms with E-state index in [0.29, 0.717) is 0 Å². The van der Waals surface area contributed by atoms with Crippen LogP contribution < -0.4 is 0 Å². The number of hydrogen-bond acceptors (Lipinski definition) is 4. The van der Waals surface area contributed by atoms with Gasteiger partial charge in [0, 0.05) is 23.6 Å². The number of carbonyl (C=O) groups is 1. The molecular formula is C16H24N2OS2. The second kappa shape index (κ2) is 6.04. The van der Waals surface area contributed by atoms with Crippen molar-refractivity contribution in [3.63, 3.8) is 0 Å². The molecule has 0 aromatic rings. The molecule has 4 rings (SSSR count). The summed E-state index contributed by atoms with van der Waals surface area (Å²) in [6.45, 7) is 2.01. The zero-order chi connectivity index (χ0) is 15.0. The van der Waals surface area contributed by atoms with Crippen LogP contribution in [0.5, 0.6) is 0 Å². The number of nitrogens with zero attached hydrogens (tertiary/aromatic N) is 2. The number of hydrogen-bond donors (Lipinski definition) is 0. The molecule has 4 saturated carbocycles. The average Bonchev–Trinajstić information content (AvgIpc) is 2.43. The second-order valence-corrected chi connectivity index (χ2v) is 9.49. The second-order valence-electron chi connectivity index (χ2n) is 7.30. The summed E-state index contributed by atoms with van der Waals surface area (Å²) in [6.07, 6.45) is 7.90. The highest BCUT2D eigenvalue weighted by Gasteiger charge is 2.53. The van der Waals surface area contributed by atoms with E-state index in [9.17, 15) is 4.79 Å². The van der Waals surface area contributed by atoms with Crippen LogP contribution in [0.15, 0.2) is 0 Å². The third kappa shape index (κ3) is 3.07. The predicted octanol–water partition coefficient (Wildman–Crippen LogP) is 4.34. The van der Waals surface area contributed by atoms with Crippen LogP contribution in [0.3, 0.4) is 0 Å². The van der Waals surface area contributed by atoms with E-state index in [0.717, 1.165) is 23.5 Å². The molecule has 4 fully saturated rings. The molecule has 116 valence electrons. The minimum Gasteiger partial charge on any atom is -0.331 e. The van der Waals surface area contributed by atoms with Gasteiger partial charge in [0.15, 0.2) is 0 Å². The maximum Gasteiger partial charge on any atom is 0.281 e. The van der Waals surface area contributed by atoms with Crippen molar-refractivity contribution in [2.75, 3.05) is 12.8 Å². The van der Waals surface area contributed by atoms with Crippen LogP contribution in [0.2, 0.25) is 0 Å². The summed E-state index contributed by atoms with van der Waals surface area (Å²) in [6, 6.07) is 0. The van der Waals surface area contributed by atoms with Crippen molar-refractivity contribution in [1.29, 1.82) is 5.26 Å². The van der Waals surface area contributed by atoms with Crippen LogP contribution in [0, 0.1) is 28.4 Å². The van der Waals surface area contributed by atoms with Gasteiger partial charge in [0.05, 0.1) is 0 Å². The SMILES string of the molecule is CC(CSC(=O)N(C)C12CC3CC(CC(C3)C1)C2)SC#N. The molecule has 0 saturated heterocycles. The Balaban J connectivity index is 1.61. The zero-order valence-corrected chi connectivity index (χ0v) is 14.5. The Hall–Kier alpha value is -0.340. The smallest absolute Gasteiger partial charge is 0.281 e. The van der Waals surface area contributed by atoms with Gasteiger partial charge in [-0.1, -0.05) is 18.7 Å². The third-order valence-electron chi connectivity index (χ3n) is 5.69. The Kier molecular flexibility index (Phi) is 4.47. The first-order valence-corrected chi connectivity index (χ1v) is 9.84. The normalized spacial score (nSPS) is 38.0. The fourth-order valence-electron chi connectivity index (χ4n) is 5.08. The number of nitriles is 1. The van der Waals surface area contributed by atoms with Crippen molar-refractivity contribution in [3.05, 3.63) is 0 Å². The fraction of sp³-hybridized carbons (Fsp3) is 0.875. The number of carbonyl (C=O) groups excluding carboxylic acids is 1. The largest absolute Gasteiger partial charge is 0.331 e. The summed E-state index contributed by atoms with van der Waals surface area (Å²) in [4.78, 5) is 14.6. The predicted molar refractivity (Wildman–Crippen MR) is 89.2 cm³/mol. The van der Waals surface area contributed by atoms with Crippen molar-refractivity contribution in [2.45, 2.75) is 56.2 Å². The van der Waals surface area contributed by atoms with E-state index in [-0.39, 0.29) is 16.0 Å². The summed E-state index contributed by atoms with van der Waals surface area (Å²) in [5.41, 5.74) is 0.157. The van der Waals surface area contributed by atoms with E-state index in [1.54, 1.807) is 0 Å². The minimum atomic E-state index is 0.157. The molecule has 4 aliphatic carbocycles. The maximum atomic E-state index is 12.6. The highest BCUT2D eigenvalue weighted by atomic mass is 32.2. The van der Waals surface area contributed by atoms with Crippen LogP contribution >= 0.6 is 23.5 Å². The molecule has 0 radical (unpaired) electrons. The van der Waals surface area contributed by atoms with E-state index in [1.165, 1.54) is 62.0 Å². The third-order valence-corrected chi connectivity index (χ3v) is 7.76. The van der Waals surface area contributed by atoms with Gasteiger partial charge in [0.2, 0.25) is 0 Å². The lowest BCUT2D eigenvalue weighted by molar-refractivity contribution is -0.0587. The Morgan fingerprint density at radius 1 is 1.29 bits per heavy atom. The molecule has 1 amide bonds. The van der Waals surface area contributed by atoms with Crippen LogP contribution in [0.1, 0.15) is 45.4 Å². The first kappa shape index (κ1) is 15.6. The molecule has 1 unspecified atom stereocenters. The number of thiocyanates is 1. The van der Waals surface area contributed by atoms with Gasteiger partial charge >= 0.3 is 0 Å². The van der Waals surface area contributed by atoms with E-state index >= 15 is 0 Å². The standard InChI is InChI=1S/C16H24N2OS2/c1-11(21-10-17)9-20-15(19)18(2)16-6-12-3-13(7-16)5-14(4-12)8-16/h11-14H,3-9H2,1-2H3. The Morgan fingerprint density at radius 3 is 2.29 bits per heavy atom. The Bertz CT molecular complexity index is 424. The monoisotopic (exact) mass is 324 g/mol. The topological polar surface area (TPSA) is 44.1 Å². The van der Waals surface area contributed by atoms with Crippen molar-refractivity contribution < 1.29 is 4.79 Å². The molecule has 0 aromatic carbocycles. The van der Waals surface area contributed by atoms with Gasteiger partial charge in [-0.2, -0.15) is 5.26 Å². The van der Waals surface area contributed by atoms with Gasteiger partial charge in [0.1, 0.15) is 5.40 Å². The molecule has 4 aliphatic rings. The molecule has 21 heavy (non-hydrogen) atoms. The highest BCUT2D eigenvalue weighted by Crippen LogP contribution is 2.57. The number of thioether (sulfide) groups is 2. The first-order valence-electron chi connectivity index (χ1n) is 7.98. The van der Waals surface area contributed by atoms with E-state index in [2.05, 4.69) is 10.3 Å². The maximum absolute atomic E-state index is 12.6. The summed E-state index contributed by atoms with van der Waals surface area (Å²) >= 11 is 2.65. The lowest BCUT2D eigenvalue weighted by Gasteiger charge is -2.59. The highest BCUT2D eigenvalue weighted by molar-refractivity contribution is 8.14. The van der Waals surface area contributed by atoms with Gasteiger partial charge < -0.3 is 4.90 Å². The van der Waals surface area contributed by atoms with E-state index in [1.807, 2.05) is 14.0 Å². The van der Waals surface area contributed by atoms with Crippen molar-refractivity contribution >= 4 is 28.8 Å². The van der Waals surface area contributed by atoms with Crippen molar-refractivity contribution in [2.24, 2.45) is 17.8 Å². The summed E-state index contributed by atoms with van der Waals surface area (Å²) in [5, 5.41) is 11.2. The molecular weight excluding hydrogens is 300 g/mol. The quantitative estimate of drug-likeness (QED) is 0.721. The first-order chi connectivity index (χ1) is 10.0. The van der Waals surface area contributed by atoms with E-state index in [4.69, 9.17) is 5.26 Å². The summed E-state index contributed by atoms with van der Waals surface area (Å²) in [5.74, 6) is 3.33. The average molecular weight is 325 g/mol. The summed E-state index contributed by atoms with van der Waals surface area (Å²) < 4.78 is 0. The molecule has 0 aromatic heterocycles. The lowest BCUT2D eigenvalue weighted by atomic mass is 9.52. The van der Waals surface area contributed by atoms with Gasteiger partial charge in [-0.05, 0) is 68.0 Å². The molecule has 3 nitrogen and oxygen atoms in total. The zero-order valence-electron chi connectivity index (χ0n) is 12.9. The van der Waals surface area contributed by atoms with Gasteiger partial charge in [-0.25, -0.2) is 0 Å². The van der Waals surface area contributed by atoms with Crippen LogP contribution in [-0.2, 0) is 0 Å². The molecule has 0 aliphatic heterocycles. The molecule has 0 spiro atoms. The van der Waals surface area contributed by atoms with Crippen molar-refractivity contribution in [1.82, 2.24) is 4.90 Å². The lowest BCUT2D eigenvalue weighted by Crippen LogP contribution is -2.59. The molecule has 5 heteroatoms. The van der Waals surface area contributed by atoms with Gasteiger partial charge in [-0.15, -0.1) is 0 Å². The van der Waals surface area contributed by atoms with Crippen LogP contribution in [0.4, 0.5) is 4.79 Å². The minimum absolute atomic E-state index is 0.157. The number of rotatable bonds is 4. The van der Waals surface area contributed by atoms with Crippen molar-refractivity contribution in [3.8, 4) is 5.40 Å². The molecule has 4 bridgehead atoms. The molecule has 0 N–H and O–H groups in total. The van der Waals surface area contributed by atoms with Crippen LogP contribution in [0.25, 0.3) is 0 Å². The summed E-state index contributed by atoms with van der Waals surface area (Å²) in [7, 11) is 2.02.